The smallest absolute Gasteiger partial charge is 0.0710 e. The Bertz CT molecular complexity index is 309. The van der Waals surface area contributed by atoms with Crippen molar-refractivity contribution < 1.29 is 0 Å². The number of rotatable bonds is 1. The molecule has 1 atom stereocenters. The van der Waals surface area contributed by atoms with Gasteiger partial charge in [0, 0.05) is 24.8 Å². The predicted molar refractivity (Wildman–Crippen MR) is 63.0 cm³/mol. The molecule has 2 nitrogen and oxygen atoms in total. The number of para-hydroxylation sites is 1. The Hall–Kier alpha value is -1.02. The maximum Gasteiger partial charge on any atom is 0.0710 e. The fourth-order valence-electron chi connectivity index (χ4n) is 2.81. The molecule has 1 aromatic carbocycles. The third-order valence-corrected chi connectivity index (χ3v) is 3.65. The lowest BCUT2D eigenvalue weighted by Gasteiger charge is -2.27. The van der Waals surface area contributed by atoms with Crippen molar-refractivity contribution in [2.24, 2.45) is 0 Å². The Labute approximate surface area is 91.5 Å². The third-order valence-electron chi connectivity index (χ3n) is 3.65. The quantitative estimate of drug-likeness (QED) is 0.689. The van der Waals surface area contributed by atoms with E-state index in [4.69, 9.17) is 0 Å². The van der Waals surface area contributed by atoms with Gasteiger partial charge in [-0.1, -0.05) is 24.6 Å². The topological polar surface area (TPSA) is 6.48 Å². The molecule has 0 bridgehead atoms. The summed E-state index contributed by atoms with van der Waals surface area (Å²) in [4.78, 5) is 5.15. The molecule has 2 aliphatic heterocycles. The molecular formula is C13H18N2. The summed E-state index contributed by atoms with van der Waals surface area (Å²) < 4.78 is 0. The van der Waals surface area contributed by atoms with Crippen molar-refractivity contribution in [2.45, 2.75) is 25.3 Å². The molecule has 0 aromatic heterocycles. The van der Waals surface area contributed by atoms with Crippen LogP contribution in [0.15, 0.2) is 30.3 Å². The molecule has 3 rings (SSSR count). The van der Waals surface area contributed by atoms with Crippen molar-refractivity contribution in [1.82, 2.24) is 4.90 Å². The summed E-state index contributed by atoms with van der Waals surface area (Å²) in [6, 6.07) is 11.6. The van der Waals surface area contributed by atoms with Crippen molar-refractivity contribution in [3.05, 3.63) is 30.3 Å². The highest BCUT2D eigenvalue weighted by molar-refractivity contribution is 5.47. The van der Waals surface area contributed by atoms with E-state index in [1.165, 1.54) is 38.0 Å². The van der Waals surface area contributed by atoms with Crippen LogP contribution in [0.25, 0.3) is 0 Å². The molecule has 0 amide bonds. The average Bonchev–Trinajstić information content (AvgIpc) is 2.74. The van der Waals surface area contributed by atoms with Crippen LogP contribution in [0.3, 0.4) is 0 Å². The zero-order chi connectivity index (χ0) is 10.1. The van der Waals surface area contributed by atoms with E-state index in [1.807, 2.05) is 0 Å². The molecule has 2 heterocycles. The van der Waals surface area contributed by atoms with Crippen molar-refractivity contribution in [3.8, 4) is 0 Å². The van der Waals surface area contributed by atoms with Crippen LogP contribution in [0.4, 0.5) is 5.69 Å². The van der Waals surface area contributed by atoms with Gasteiger partial charge in [0.05, 0.1) is 6.67 Å². The van der Waals surface area contributed by atoms with Gasteiger partial charge in [-0.25, -0.2) is 0 Å². The van der Waals surface area contributed by atoms with E-state index in [9.17, 15) is 0 Å². The van der Waals surface area contributed by atoms with Crippen molar-refractivity contribution in [2.75, 3.05) is 24.7 Å². The monoisotopic (exact) mass is 202 g/mol. The molecular weight excluding hydrogens is 184 g/mol. The van der Waals surface area contributed by atoms with Gasteiger partial charge in [0.1, 0.15) is 0 Å². The summed E-state index contributed by atoms with van der Waals surface area (Å²) in [6.07, 6.45) is 4.20. The van der Waals surface area contributed by atoms with Crippen molar-refractivity contribution >= 4 is 5.69 Å². The molecule has 15 heavy (non-hydrogen) atoms. The summed E-state index contributed by atoms with van der Waals surface area (Å²) in [5.74, 6) is 0. The number of benzene rings is 1. The lowest BCUT2D eigenvalue weighted by molar-refractivity contribution is 0.204. The van der Waals surface area contributed by atoms with Gasteiger partial charge < -0.3 is 4.90 Å². The maximum absolute atomic E-state index is 2.64. The second kappa shape index (κ2) is 3.86. The van der Waals surface area contributed by atoms with Gasteiger partial charge in [-0.15, -0.1) is 0 Å². The van der Waals surface area contributed by atoms with Crippen LogP contribution in [-0.4, -0.2) is 30.7 Å². The lowest BCUT2D eigenvalue weighted by atomic mass is 10.0. The summed E-state index contributed by atoms with van der Waals surface area (Å²) in [7, 11) is 0. The molecule has 0 spiro atoms. The first-order valence-electron chi connectivity index (χ1n) is 5.97. The molecule has 0 saturated carbocycles. The summed E-state index contributed by atoms with van der Waals surface area (Å²) in [5.41, 5.74) is 1.38. The van der Waals surface area contributed by atoms with Crippen LogP contribution in [0, 0.1) is 0 Å². The molecule has 2 heteroatoms. The Balaban J connectivity index is 1.75. The molecule has 2 aliphatic rings. The van der Waals surface area contributed by atoms with Gasteiger partial charge in [-0.3, -0.25) is 4.90 Å². The van der Waals surface area contributed by atoms with E-state index in [-0.39, 0.29) is 0 Å². The lowest BCUT2D eigenvalue weighted by Crippen LogP contribution is -2.35. The van der Waals surface area contributed by atoms with E-state index < -0.39 is 0 Å². The standard InChI is InChI=1S/C13H18N2/c1-2-6-12(7-3-1)15-10-13-8-4-5-9-14(13)11-15/h1-3,6-7,13H,4-5,8-11H2/t13-/m1/s1. The SMILES string of the molecule is c1ccc(N2C[C@H]3CCCCN3C2)cc1. The first kappa shape index (κ1) is 9.22. The van der Waals surface area contributed by atoms with Crippen LogP contribution in [0.2, 0.25) is 0 Å². The second-order valence-corrected chi connectivity index (χ2v) is 4.66. The van der Waals surface area contributed by atoms with Gasteiger partial charge in [0.15, 0.2) is 0 Å². The number of nitrogens with zero attached hydrogens (tertiary/aromatic N) is 2. The van der Waals surface area contributed by atoms with E-state index >= 15 is 0 Å². The van der Waals surface area contributed by atoms with Crippen LogP contribution in [-0.2, 0) is 0 Å². The van der Waals surface area contributed by atoms with E-state index in [2.05, 4.69) is 40.1 Å². The van der Waals surface area contributed by atoms with Gasteiger partial charge >= 0.3 is 0 Å². The third kappa shape index (κ3) is 1.74. The highest BCUT2D eigenvalue weighted by Gasteiger charge is 2.31. The molecule has 0 N–H and O–H groups in total. The molecule has 0 radical (unpaired) electrons. The van der Waals surface area contributed by atoms with Crippen molar-refractivity contribution in [1.29, 1.82) is 0 Å². The average molecular weight is 202 g/mol. The molecule has 0 aliphatic carbocycles. The van der Waals surface area contributed by atoms with Gasteiger partial charge in [0.2, 0.25) is 0 Å². The number of hydrogen-bond donors (Lipinski definition) is 0. The molecule has 1 aromatic rings. The van der Waals surface area contributed by atoms with Crippen LogP contribution in [0.5, 0.6) is 0 Å². The number of fused-ring (bicyclic) bond motifs is 1. The summed E-state index contributed by atoms with van der Waals surface area (Å²) in [6.45, 7) is 3.66. The fraction of sp³-hybridized carbons (Fsp3) is 0.538. The minimum Gasteiger partial charge on any atom is -0.357 e. The van der Waals surface area contributed by atoms with Crippen LogP contribution in [0.1, 0.15) is 19.3 Å². The minimum atomic E-state index is 0.818. The Morgan fingerprint density at radius 1 is 1.07 bits per heavy atom. The Morgan fingerprint density at radius 2 is 1.93 bits per heavy atom. The maximum atomic E-state index is 2.64. The highest BCUT2D eigenvalue weighted by atomic mass is 15.4. The van der Waals surface area contributed by atoms with Crippen LogP contribution < -0.4 is 4.90 Å². The number of hydrogen-bond acceptors (Lipinski definition) is 2. The molecule has 2 saturated heterocycles. The van der Waals surface area contributed by atoms with Gasteiger partial charge in [-0.2, -0.15) is 0 Å². The second-order valence-electron chi connectivity index (χ2n) is 4.66. The molecule has 0 unspecified atom stereocenters. The van der Waals surface area contributed by atoms with Crippen LogP contribution >= 0.6 is 0 Å². The summed E-state index contributed by atoms with van der Waals surface area (Å²) >= 11 is 0. The molecule has 2 fully saturated rings. The molecule has 80 valence electrons. The van der Waals surface area contributed by atoms with E-state index in [0.717, 1.165) is 12.7 Å². The van der Waals surface area contributed by atoms with Gasteiger partial charge in [0.25, 0.3) is 0 Å². The van der Waals surface area contributed by atoms with Gasteiger partial charge in [-0.05, 0) is 25.0 Å². The largest absolute Gasteiger partial charge is 0.357 e. The highest BCUT2D eigenvalue weighted by Crippen LogP contribution is 2.27. The first-order chi connectivity index (χ1) is 7.43. The Kier molecular flexibility index (Phi) is 2.37. The number of piperidine rings is 1. The predicted octanol–water partition coefficient (Wildman–Crippen LogP) is 2.32. The van der Waals surface area contributed by atoms with Crippen molar-refractivity contribution in [3.63, 3.8) is 0 Å². The minimum absolute atomic E-state index is 0.818. The summed E-state index contributed by atoms with van der Waals surface area (Å²) in [5, 5.41) is 0. The zero-order valence-electron chi connectivity index (χ0n) is 9.10. The Morgan fingerprint density at radius 3 is 2.73 bits per heavy atom. The van der Waals surface area contributed by atoms with E-state index in [0.29, 0.717) is 0 Å². The zero-order valence-corrected chi connectivity index (χ0v) is 9.10. The first-order valence-corrected chi connectivity index (χ1v) is 5.97. The van der Waals surface area contributed by atoms with E-state index in [1.54, 1.807) is 0 Å². The number of anilines is 1. The normalized spacial score (nSPS) is 26.7. The fourth-order valence-corrected chi connectivity index (χ4v) is 2.81.